The molecule has 1 aromatic heterocycles. The van der Waals surface area contributed by atoms with E-state index in [2.05, 4.69) is 5.32 Å². The van der Waals surface area contributed by atoms with Crippen molar-refractivity contribution in [2.24, 2.45) is 5.92 Å². The van der Waals surface area contributed by atoms with Crippen LogP contribution >= 0.6 is 0 Å². The highest BCUT2D eigenvalue weighted by molar-refractivity contribution is 5.93. The normalized spacial score (nSPS) is 13.0. The van der Waals surface area contributed by atoms with Gasteiger partial charge in [-0.25, -0.2) is 4.79 Å². The Labute approximate surface area is 179 Å². The van der Waals surface area contributed by atoms with Gasteiger partial charge in [0.1, 0.15) is 11.3 Å². The Kier molecular flexibility index (Phi) is 6.74. The molecule has 1 heterocycles. The zero-order valence-corrected chi connectivity index (χ0v) is 17.6. The number of fused-ring (bicyclic) bond motifs is 1. The van der Waals surface area contributed by atoms with Gasteiger partial charge in [0.15, 0.2) is 6.10 Å². The highest BCUT2D eigenvalue weighted by Crippen LogP contribution is 2.29. The second kappa shape index (κ2) is 9.47. The fourth-order valence-electron chi connectivity index (χ4n) is 3.31. The lowest BCUT2D eigenvalue weighted by Crippen LogP contribution is -2.51. The summed E-state index contributed by atoms with van der Waals surface area (Å²) < 4.78 is 11.0. The molecular weight excluding hydrogens is 398 g/mol. The number of amides is 1. The van der Waals surface area contributed by atoms with Gasteiger partial charge in [0, 0.05) is 17.5 Å². The molecule has 3 rings (SSSR count). The van der Waals surface area contributed by atoms with Crippen molar-refractivity contribution >= 4 is 22.8 Å². The van der Waals surface area contributed by atoms with E-state index in [-0.39, 0.29) is 12.3 Å². The molecule has 162 valence electrons. The third kappa shape index (κ3) is 5.51. The fraction of sp³-hybridized carbons (Fsp3) is 0.292. The average molecular weight is 422 g/mol. The summed E-state index contributed by atoms with van der Waals surface area (Å²) in [4.78, 5) is 35.7. The number of aliphatic carboxylic acids is 1. The maximum atomic E-state index is 12.4. The van der Waals surface area contributed by atoms with Crippen LogP contribution in [0.3, 0.4) is 0 Å². The zero-order chi connectivity index (χ0) is 22.5. The smallest absolute Gasteiger partial charge is 0.336 e. The molecule has 1 N–H and O–H groups in total. The average Bonchev–Trinajstić information content (AvgIpc) is 2.72. The van der Waals surface area contributed by atoms with Crippen molar-refractivity contribution in [2.75, 3.05) is 0 Å². The Bertz CT molecular complexity index is 1140. The van der Waals surface area contributed by atoms with E-state index in [1.54, 1.807) is 12.1 Å². The van der Waals surface area contributed by atoms with Crippen molar-refractivity contribution in [1.29, 1.82) is 0 Å². The van der Waals surface area contributed by atoms with Crippen LogP contribution < -0.4 is 20.8 Å². The molecular formula is C24H24NO6-. The monoisotopic (exact) mass is 422 g/mol. The number of ether oxygens (including phenoxy) is 1. The Morgan fingerprint density at radius 3 is 2.42 bits per heavy atom. The van der Waals surface area contributed by atoms with Gasteiger partial charge in [-0.1, -0.05) is 44.2 Å². The standard InChI is InChI=1S/C24H25NO6/c1-14(2)11-20(24(28)29)25-23(27)15(3)30-17-9-10-18-19(16-7-5-4-6-8-16)13-22(26)31-21(18)12-17/h4-10,12-15,20H,11H2,1-3H3,(H,25,27)(H,28,29)/p-1/t15-,20-/m0/s1. The summed E-state index contributed by atoms with van der Waals surface area (Å²) in [5.41, 5.74) is 1.43. The molecule has 2 atom stereocenters. The zero-order valence-electron chi connectivity index (χ0n) is 17.6. The van der Waals surface area contributed by atoms with Crippen LogP contribution in [0.4, 0.5) is 0 Å². The molecule has 1 amide bonds. The Morgan fingerprint density at radius 2 is 1.77 bits per heavy atom. The Hall–Kier alpha value is -3.61. The molecule has 0 radical (unpaired) electrons. The maximum absolute atomic E-state index is 12.4. The van der Waals surface area contributed by atoms with E-state index in [4.69, 9.17) is 9.15 Å². The van der Waals surface area contributed by atoms with Crippen molar-refractivity contribution in [1.82, 2.24) is 5.32 Å². The molecule has 0 aliphatic carbocycles. The second-order valence-corrected chi connectivity index (χ2v) is 7.77. The Balaban J connectivity index is 1.81. The summed E-state index contributed by atoms with van der Waals surface area (Å²) in [6.07, 6.45) is -0.708. The minimum absolute atomic E-state index is 0.0709. The predicted octanol–water partition coefficient (Wildman–Crippen LogP) is 2.51. The van der Waals surface area contributed by atoms with Gasteiger partial charge in [0.25, 0.3) is 5.91 Å². The van der Waals surface area contributed by atoms with Gasteiger partial charge in [0.2, 0.25) is 0 Å². The molecule has 7 nitrogen and oxygen atoms in total. The molecule has 0 saturated carbocycles. The van der Waals surface area contributed by atoms with E-state index in [0.717, 1.165) is 16.5 Å². The number of carbonyl (C=O) groups is 2. The van der Waals surface area contributed by atoms with Gasteiger partial charge >= 0.3 is 5.63 Å². The summed E-state index contributed by atoms with van der Waals surface area (Å²) in [7, 11) is 0. The number of carbonyl (C=O) groups excluding carboxylic acids is 2. The number of hydrogen-bond donors (Lipinski definition) is 1. The van der Waals surface area contributed by atoms with Crippen LogP contribution in [0.5, 0.6) is 5.75 Å². The van der Waals surface area contributed by atoms with Gasteiger partial charge in [-0.3, -0.25) is 4.79 Å². The van der Waals surface area contributed by atoms with E-state index in [0.29, 0.717) is 11.3 Å². The number of hydrogen-bond acceptors (Lipinski definition) is 6. The van der Waals surface area contributed by atoms with Gasteiger partial charge in [-0.2, -0.15) is 0 Å². The van der Waals surface area contributed by atoms with E-state index in [9.17, 15) is 19.5 Å². The van der Waals surface area contributed by atoms with Gasteiger partial charge in [-0.05, 0) is 42.5 Å². The summed E-state index contributed by atoms with van der Waals surface area (Å²) in [6, 6.07) is 14.8. The van der Waals surface area contributed by atoms with Crippen LogP contribution in [-0.4, -0.2) is 24.0 Å². The van der Waals surface area contributed by atoms with Crippen molar-refractivity contribution in [3.8, 4) is 16.9 Å². The lowest BCUT2D eigenvalue weighted by Gasteiger charge is -2.23. The van der Waals surface area contributed by atoms with E-state index >= 15 is 0 Å². The minimum atomic E-state index is -1.34. The first-order chi connectivity index (χ1) is 14.7. The minimum Gasteiger partial charge on any atom is -0.548 e. The molecule has 0 fully saturated rings. The van der Waals surface area contributed by atoms with Crippen LogP contribution in [0.2, 0.25) is 0 Å². The topological polar surface area (TPSA) is 109 Å². The molecule has 3 aromatic rings. The number of nitrogens with one attached hydrogen (secondary N) is 1. The molecule has 0 aliphatic rings. The summed E-state index contributed by atoms with van der Waals surface area (Å²) in [5, 5.41) is 14.4. The summed E-state index contributed by atoms with van der Waals surface area (Å²) >= 11 is 0. The first kappa shape index (κ1) is 22.1. The van der Waals surface area contributed by atoms with Crippen LogP contribution in [0, 0.1) is 5.92 Å². The van der Waals surface area contributed by atoms with E-state index in [1.807, 2.05) is 44.2 Å². The Morgan fingerprint density at radius 1 is 1.06 bits per heavy atom. The second-order valence-electron chi connectivity index (χ2n) is 7.77. The van der Waals surface area contributed by atoms with E-state index in [1.165, 1.54) is 19.1 Å². The van der Waals surface area contributed by atoms with E-state index < -0.39 is 29.6 Å². The quantitative estimate of drug-likeness (QED) is 0.559. The van der Waals surface area contributed by atoms with Crippen LogP contribution in [-0.2, 0) is 9.59 Å². The molecule has 7 heteroatoms. The van der Waals surface area contributed by atoms with Crippen LogP contribution in [0.15, 0.2) is 63.8 Å². The SMILES string of the molecule is CC(C)C[C@H](NC(=O)[C@H](C)Oc1ccc2c(-c3ccccc3)cc(=O)oc2c1)C(=O)[O-]. The number of carboxylic acid groups (broad SMARTS) is 1. The van der Waals surface area contributed by atoms with Gasteiger partial charge in [-0.15, -0.1) is 0 Å². The van der Waals surface area contributed by atoms with Gasteiger partial charge in [0.05, 0.1) is 12.0 Å². The third-order valence-corrected chi connectivity index (χ3v) is 4.79. The largest absolute Gasteiger partial charge is 0.548 e. The fourth-order valence-corrected chi connectivity index (χ4v) is 3.31. The number of rotatable bonds is 8. The molecule has 0 unspecified atom stereocenters. The molecule has 0 spiro atoms. The molecule has 31 heavy (non-hydrogen) atoms. The first-order valence-corrected chi connectivity index (χ1v) is 10.1. The molecule has 2 aromatic carbocycles. The van der Waals surface area contributed by atoms with Crippen LogP contribution in [0.25, 0.3) is 22.1 Å². The molecule has 0 bridgehead atoms. The van der Waals surface area contributed by atoms with Crippen LogP contribution in [0.1, 0.15) is 27.2 Å². The summed E-state index contributed by atoms with van der Waals surface area (Å²) in [6.45, 7) is 5.22. The summed E-state index contributed by atoms with van der Waals surface area (Å²) in [5.74, 6) is -1.52. The number of carboxylic acids is 1. The lowest BCUT2D eigenvalue weighted by atomic mass is 10.0. The molecule has 0 saturated heterocycles. The van der Waals surface area contributed by atoms with Gasteiger partial charge < -0.3 is 24.4 Å². The first-order valence-electron chi connectivity index (χ1n) is 10.1. The molecule has 0 aliphatic heterocycles. The van der Waals surface area contributed by atoms with Crippen molar-refractivity contribution < 1.29 is 23.8 Å². The highest BCUT2D eigenvalue weighted by atomic mass is 16.5. The predicted molar refractivity (Wildman–Crippen MR) is 114 cm³/mol. The highest BCUT2D eigenvalue weighted by Gasteiger charge is 2.21. The third-order valence-electron chi connectivity index (χ3n) is 4.79. The van der Waals surface area contributed by atoms with Crippen molar-refractivity contribution in [3.05, 3.63) is 65.0 Å². The van der Waals surface area contributed by atoms with Crippen molar-refractivity contribution in [2.45, 2.75) is 39.3 Å². The lowest BCUT2D eigenvalue weighted by molar-refractivity contribution is -0.308. The maximum Gasteiger partial charge on any atom is 0.336 e. The number of benzene rings is 2. The van der Waals surface area contributed by atoms with Crippen molar-refractivity contribution in [3.63, 3.8) is 0 Å².